The quantitative estimate of drug-likeness (QED) is 0.786. The Morgan fingerprint density at radius 2 is 2.28 bits per heavy atom. The van der Waals surface area contributed by atoms with Crippen molar-refractivity contribution < 1.29 is 9.15 Å². The minimum atomic E-state index is -0.316. The number of thiazole rings is 1. The summed E-state index contributed by atoms with van der Waals surface area (Å²) in [6, 6.07) is 7.34. The Morgan fingerprint density at radius 3 is 3.00 bits per heavy atom. The second-order valence-corrected chi connectivity index (χ2v) is 4.83. The number of hydrogen-bond donors (Lipinski definition) is 1. The van der Waals surface area contributed by atoms with E-state index in [-0.39, 0.29) is 6.04 Å². The van der Waals surface area contributed by atoms with Gasteiger partial charge < -0.3 is 14.9 Å². The van der Waals surface area contributed by atoms with E-state index in [2.05, 4.69) is 4.98 Å². The van der Waals surface area contributed by atoms with E-state index in [0.717, 1.165) is 21.7 Å². The van der Waals surface area contributed by atoms with Crippen LogP contribution >= 0.6 is 11.3 Å². The summed E-state index contributed by atoms with van der Waals surface area (Å²) in [5, 5.41) is 3.76. The highest BCUT2D eigenvalue weighted by atomic mass is 32.1. The highest BCUT2D eigenvalue weighted by molar-refractivity contribution is 7.09. The van der Waals surface area contributed by atoms with Gasteiger partial charge in [0.2, 0.25) is 0 Å². The predicted octanol–water partition coefficient (Wildman–Crippen LogP) is 2.95. The molecule has 0 saturated heterocycles. The molecule has 92 valence electrons. The summed E-state index contributed by atoms with van der Waals surface area (Å²) in [6.07, 6.45) is 1.74. The summed E-state index contributed by atoms with van der Waals surface area (Å²) in [6.45, 7) is 0. The van der Waals surface area contributed by atoms with Crippen LogP contribution in [0, 0.1) is 0 Å². The molecule has 2 aromatic heterocycles. The van der Waals surface area contributed by atoms with Crippen LogP contribution in [0.4, 0.5) is 0 Å². The predicted molar refractivity (Wildman–Crippen MR) is 70.9 cm³/mol. The number of methoxy groups -OCH3 is 1. The number of nitrogens with zero attached hydrogens (tertiary/aromatic N) is 1. The molecule has 0 spiro atoms. The van der Waals surface area contributed by atoms with Crippen molar-refractivity contribution in [2.45, 2.75) is 6.04 Å². The zero-order chi connectivity index (χ0) is 12.5. The van der Waals surface area contributed by atoms with Crippen molar-refractivity contribution in [1.82, 2.24) is 4.98 Å². The average Bonchev–Trinajstić information content (AvgIpc) is 3.05. The van der Waals surface area contributed by atoms with Gasteiger partial charge >= 0.3 is 0 Å². The van der Waals surface area contributed by atoms with Gasteiger partial charge in [-0.05, 0) is 18.2 Å². The second kappa shape index (κ2) is 4.44. The van der Waals surface area contributed by atoms with Crippen molar-refractivity contribution >= 4 is 22.3 Å². The maximum Gasteiger partial charge on any atom is 0.138 e. The molecule has 5 heteroatoms. The molecular formula is C13H12N2O2S. The van der Waals surface area contributed by atoms with Crippen molar-refractivity contribution in [2.75, 3.05) is 7.11 Å². The lowest BCUT2D eigenvalue weighted by atomic mass is 10.2. The molecule has 0 aliphatic carbocycles. The Hall–Kier alpha value is -1.85. The van der Waals surface area contributed by atoms with E-state index < -0.39 is 0 Å². The average molecular weight is 260 g/mol. The summed E-state index contributed by atoms with van der Waals surface area (Å²) < 4.78 is 10.9. The smallest absolute Gasteiger partial charge is 0.138 e. The van der Waals surface area contributed by atoms with E-state index in [1.54, 1.807) is 13.3 Å². The minimum Gasteiger partial charge on any atom is -0.497 e. The highest BCUT2D eigenvalue weighted by Crippen LogP contribution is 2.29. The fraction of sp³-hybridized carbons (Fsp3) is 0.154. The molecule has 0 bridgehead atoms. The van der Waals surface area contributed by atoms with Gasteiger partial charge in [0, 0.05) is 23.0 Å². The summed E-state index contributed by atoms with van der Waals surface area (Å²) in [5.41, 5.74) is 6.89. The molecule has 3 rings (SSSR count). The molecule has 1 unspecified atom stereocenters. The number of benzene rings is 1. The first kappa shape index (κ1) is 11.3. The van der Waals surface area contributed by atoms with Gasteiger partial charge in [-0.1, -0.05) is 0 Å². The molecule has 2 heterocycles. The van der Waals surface area contributed by atoms with Crippen molar-refractivity contribution in [3.05, 3.63) is 46.6 Å². The topological polar surface area (TPSA) is 61.3 Å². The van der Waals surface area contributed by atoms with Crippen LogP contribution in [0.15, 0.2) is 40.3 Å². The fourth-order valence-corrected chi connectivity index (χ4v) is 2.47. The summed E-state index contributed by atoms with van der Waals surface area (Å²) >= 11 is 1.52. The van der Waals surface area contributed by atoms with Crippen molar-refractivity contribution in [3.8, 4) is 5.75 Å². The van der Waals surface area contributed by atoms with Gasteiger partial charge in [0.25, 0.3) is 0 Å². The molecule has 1 aromatic carbocycles. The number of ether oxygens (including phenoxy) is 1. The Labute approximate surface area is 108 Å². The van der Waals surface area contributed by atoms with Crippen LogP contribution in [0.1, 0.15) is 16.8 Å². The Bertz CT molecular complexity index is 661. The van der Waals surface area contributed by atoms with Gasteiger partial charge in [-0.15, -0.1) is 11.3 Å². The number of furan rings is 1. The van der Waals surface area contributed by atoms with Gasteiger partial charge in [-0.3, -0.25) is 0 Å². The lowest BCUT2D eigenvalue weighted by Gasteiger charge is -2.03. The Morgan fingerprint density at radius 1 is 1.39 bits per heavy atom. The number of rotatable bonds is 3. The van der Waals surface area contributed by atoms with Gasteiger partial charge in [0.15, 0.2) is 0 Å². The molecule has 0 fully saturated rings. The third-order valence-corrected chi connectivity index (χ3v) is 3.63. The van der Waals surface area contributed by atoms with E-state index in [1.165, 1.54) is 11.3 Å². The number of nitrogens with two attached hydrogens (primary N) is 1. The Balaban J connectivity index is 2.03. The molecule has 18 heavy (non-hydrogen) atoms. The first-order valence-corrected chi connectivity index (χ1v) is 6.38. The van der Waals surface area contributed by atoms with Crippen molar-refractivity contribution in [2.24, 2.45) is 5.73 Å². The van der Waals surface area contributed by atoms with Crippen molar-refractivity contribution in [3.63, 3.8) is 0 Å². The van der Waals surface area contributed by atoms with Crippen molar-refractivity contribution in [1.29, 1.82) is 0 Å². The second-order valence-electron chi connectivity index (χ2n) is 3.90. The SMILES string of the molecule is COc1ccc2cc(C(N)c3nccs3)oc2c1. The highest BCUT2D eigenvalue weighted by Gasteiger charge is 2.16. The molecule has 0 aliphatic heterocycles. The lowest BCUT2D eigenvalue weighted by Crippen LogP contribution is -2.10. The van der Waals surface area contributed by atoms with E-state index in [1.807, 2.05) is 29.6 Å². The number of aromatic nitrogens is 1. The van der Waals surface area contributed by atoms with Crippen LogP contribution in [0.25, 0.3) is 11.0 Å². The zero-order valence-electron chi connectivity index (χ0n) is 9.79. The van der Waals surface area contributed by atoms with Crippen LogP contribution in [0.2, 0.25) is 0 Å². The summed E-state index contributed by atoms with van der Waals surface area (Å²) in [7, 11) is 1.63. The lowest BCUT2D eigenvalue weighted by molar-refractivity contribution is 0.414. The van der Waals surface area contributed by atoms with Crippen LogP contribution in [-0.2, 0) is 0 Å². The van der Waals surface area contributed by atoms with Crippen LogP contribution in [0.3, 0.4) is 0 Å². The normalized spacial score (nSPS) is 12.8. The first-order valence-electron chi connectivity index (χ1n) is 5.50. The van der Waals surface area contributed by atoms with Crippen LogP contribution in [0.5, 0.6) is 5.75 Å². The van der Waals surface area contributed by atoms with E-state index >= 15 is 0 Å². The molecule has 3 aromatic rings. The van der Waals surface area contributed by atoms with E-state index in [0.29, 0.717) is 5.76 Å². The van der Waals surface area contributed by atoms with Gasteiger partial charge in [0.05, 0.1) is 7.11 Å². The summed E-state index contributed by atoms with van der Waals surface area (Å²) in [5.74, 6) is 1.49. The molecule has 4 nitrogen and oxygen atoms in total. The van der Waals surface area contributed by atoms with Crippen LogP contribution in [-0.4, -0.2) is 12.1 Å². The van der Waals surface area contributed by atoms with E-state index in [4.69, 9.17) is 14.9 Å². The number of fused-ring (bicyclic) bond motifs is 1. The fourth-order valence-electron chi connectivity index (χ4n) is 1.82. The third kappa shape index (κ3) is 1.87. The van der Waals surface area contributed by atoms with Gasteiger partial charge in [-0.25, -0.2) is 4.98 Å². The van der Waals surface area contributed by atoms with E-state index in [9.17, 15) is 0 Å². The molecule has 2 N–H and O–H groups in total. The molecule has 1 atom stereocenters. The molecular weight excluding hydrogens is 248 g/mol. The van der Waals surface area contributed by atoms with Crippen LogP contribution < -0.4 is 10.5 Å². The molecule has 0 aliphatic rings. The van der Waals surface area contributed by atoms with Gasteiger partial charge in [0.1, 0.15) is 28.1 Å². The number of hydrogen-bond acceptors (Lipinski definition) is 5. The maximum absolute atomic E-state index is 6.12. The first-order chi connectivity index (χ1) is 8.78. The maximum atomic E-state index is 6.12. The third-order valence-electron chi connectivity index (χ3n) is 2.77. The molecule has 0 radical (unpaired) electrons. The largest absolute Gasteiger partial charge is 0.497 e. The monoisotopic (exact) mass is 260 g/mol. The van der Waals surface area contributed by atoms with Gasteiger partial charge in [-0.2, -0.15) is 0 Å². The minimum absolute atomic E-state index is 0.316. The Kier molecular flexibility index (Phi) is 2.77. The standard InChI is InChI=1S/C13H12N2O2S/c1-16-9-3-2-8-6-11(17-10(8)7-9)12(14)13-15-4-5-18-13/h2-7,12H,14H2,1H3. The zero-order valence-corrected chi connectivity index (χ0v) is 10.6. The molecule has 0 saturated carbocycles. The molecule has 0 amide bonds. The summed E-state index contributed by atoms with van der Waals surface area (Å²) in [4.78, 5) is 4.21.